The predicted molar refractivity (Wildman–Crippen MR) is 97.4 cm³/mol. The number of halogens is 1. The zero-order valence-corrected chi connectivity index (χ0v) is 14.5. The summed E-state index contributed by atoms with van der Waals surface area (Å²) in [5, 5.41) is 8.59. The molecule has 3 aromatic rings. The minimum atomic E-state index is -0.403. The van der Waals surface area contributed by atoms with Crippen molar-refractivity contribution in [1.29, 1.82) is 0 Å². The number of benzene rings is 2. The highest BCUT2D eigenvalue weighted by Crippen LogP contribution is 2.26. The summed E-state index contributed by atoms with van der Waals surface area (Å²) < 4.78 is 6.27. The molecule has 1 N–H and O–H groups in total. The van der Waals surface area contributed by atoms with Crippen LogP contribution in [0.1, 0.15) is 5.69 Å². The summed E-state index contributed by atoms with van der Waals surface area (Å²) in [4.78, 5) is 24.8. The lowest BCUT2D eigenvalue weighted by molar-refractivity contribution is -0.117. The van der Waals surface area contributed by atoms with Gasteiger partial charge in [-0.3, -0.25) is 9.59 Å². The standard InChI is InChI=1S/C18H16ClN3O3/c1-11-13-5-3-4-6-14(13)18(24)22(21-11)10-17(23)20-16-9-12(25-2)7-8-15(16)19/h3-9H,10H2,1-2H3,(H,20,23). The molecule has 128 valence electrons. The van der Waals surface area contributed by atoms with Crippen LogP contribution < -0.4 is 15.6 Å². The van der Waals surface area contributed by atoms with Gasteiger partial charge in [0.25, 0.3) is 5.56 Å². The Morgan fingerprint density at radius 1 is 1.24 bits per heavy atom. The Bertz CT molecular complexity index is 1010. The molecule has 0 saturated heterocycles. The number of aryl methyl sites for hydroxylation is 1. The Kier molecular flexibility index (Phi) is 4.72. The van der Waals surface area contributed by atoms with Crippen molar-refractivity contribution in [2.75, 3.05) is 12.4 Å². The van der Waals surface area contributed by atoms with E-state index in [0.29, 0.717) is 27.5 Å². The number of anilines is 1. The number of ether oxygens (including phenoxy) is 1. The number of nitrogens with one attached hydrogen (secondary N) is 1. The van der Waals surface area contributed by atoms with Gasteiger partial charge in [0.15, 0.2) is 0 Å². The molecule has 2 aromatic carbocycles. The van der Waals surface area contributed by atoms with E-state index < -0.39 is 5.91 Å². The van der Waals surface area contributed by atoms with Crippen LogP contribution in [0.4, 0.5) is 5.69 Å². The van der Waals surface area contributed by atoms with Gasteiger partial charge >= 0.3 is 0 Å². The molecule has 0 aliphatic heterocycles. The summed E-state index contributed by atoms with van der Waals surface area (Å²) >= 11 is 6.08. The number of aromatic nitrogens is 2. The Labute approximate surface area is 149 Å². The Balaban J connectivity index is 1.88. The van der Waals surface area contributed by atoms with Gasteiger partial charge in [-0.15, -0.1) is 0 Å². The molecule has 0 saturated carbocycles. The zero-order valence-electron chi connectivity index (χ0n) is 13.7. The first-order chi connectivity index (χ1) is 12.0. The van der Waals surface area contributed by atoms with Crippen LogP contribution in [-0.2, 0) is 11.3 Å². The molecule has 0 atom stereocenters. The SMILES string of the molecule is COc1ccc(Cl)c(NC(=O)Cn2nc(C)c3ccccc3c2=O)c1. The number of hydrogen-bond donors (Lipinski definition) is 1. The number of amides is 1. The first-order valence-corrected chi connectivity index (χ1v) is 7.97. The van der Waals surface area contributed by atoms with E-state index in [9.17, 15) is 9.59 Å². The summed E-state index contributed by atoms with van der Waals surface area (Å²) in [6.45, 7) is 1.59. The molecule has 25 heavy (non-hydrogen) atoms. The van der Waals surface area contributed by atoms with Crippen molar-refractivity contribution in [2.45, 2.75) is 13.5 Å². The highest BCUT2D eigenvalue weighted by Gasteiger charge is 2.12. The smallest absolute Gasteiger partial charge is 0.275 e. The third-order valence-corrected chi connectivity index (χ3v) is 4.12. The van der Waals surface area contributed by atoms with E-state index >= 15 is 0 Å². The topological polar surface area (TPSA) is 73.2 Å². The molecule has 0 radical (unpaired) electrons. The molecule has 1 aromatic heterocycles. The van der Waals surface area contributed by atoms with Gasteiger partial charge in [-0.1, -0.05) is 29.8 Å². The quantitative estimate of drug-likeness (QED) is 0.779. The minimum Gasteiger partial charge on any atom is -0.497 e. The fraction of sp³-hybridized carbons (Fsp3) is 0.167. The first-order valence-electron chi connectivity index (χ1n) is 7.59. The second-order valence-corrected chi connectivity index (χ2v) is 5.89. The third kappa shape index (κ3) is 3.49. The van der Waals surface area contributed by atoms with Gasteiger partial charge in [-0.2, -0.15) is 5.10 Å². The zero-order chi connectivity index (χ0) is 18.0. The summed E-state index contributed by atoms with van der Waals surface area (Å²) in [5.74, 6) is 0.163. The second kappa shape index (κ2) is 6.94. The van der Waals surface area contributed by atoms with E-state index in [1.165, 1.54) is 7.11 Å². The Morgan fingerprint density at radius 3 is 2.68 bits per heavy atom. The number of rotatable bonds is 4. The molecule has 1 amide bonds. The Hall–Kier alpha value is -2.86. The number of nitrogens with zero attached hydrogens (tertiary/aromatic N) is 2. The van der Waals surface area contributed by atoms with Gasteiger partial charge in [0.05, 0.1) is 28.9 Å². The van der Waals surface area contributed by atoms with Gasteiger partial charge in [0.2, 0.25) is 5.91 Å². The van der Waals surface area contributed by atoms with Gasteiger partial charge in [0.1, 0.15) is 12.3 Å². The largest absolute Gasteiger partial charge is 0.497 e. The maximum atomic E-state index is 12.5. The lowest BCUT2D eigenvalue weighted by Crippen LogP contribution is -2.30. The molecular weight excluding hydrogens is 342 g/mol. The molecular formula is C18H16ClN3O3. The fourth-order valence-electron chi connectivity index (χ4n) is 2.56. The van der Waals surface area contributed by atoms with Crippen LogP contribution in [0.25, 0.3) is 10.8 Å². The molecule has 7 heteroatoms. The monoisotopic (exact) mass is 357 g/mol. The predicted octanol–water partition coefficient (Wildman–Crippen LogP) is 3.01. The van der Waals surface area contributed by atoms with E-state index in [1.54, 1.807) is 37.3 Å². The van der Waals surface area contributed by atoms with Crippen LogP contribution in [0.15, 0.2) is 47.3 Å². The molecule has 0 aliphatic carbocycles. The molecule has 1 heterocycles. The molecule has 0 aliphatic rings. The average Bonchev–Trinajstić information content (AvgIpc) is 2.61. The second-order valence-electron chi connectivity index (χ2n) is 5.49. The average molecular weight is 358 g/mol. The van der Waals surface area contributed by atoms with Gasteiger partial charge < -0.3 is 10.1 Å². The fourth-order valence-corrected chi connectivity index (χ4v) is 2.73. The molecule has 0 spiro atoms. The van der Waals surface area contributed by atoms with Crippen LogP contribution in [0.5, 0.6) is 5.75 Å². The first kappa shape index (κ1) is 17.0. The maximum Gasteiger partial charge on any atom is 0.275 e. The van der Waals surface area contributed by atoms with E-state index in [-0.39, 0.29) is 12.1 Å². The van der Waals surface area contributed by atoms with Crippen LogP contribution in [0.2, 0.25) is 5.02 Å². The van der Waals surface area contributed by atoms with Crippen molar-refractivity contribution in [3.05, 3.63) is 63.5 Å². The molecule has 0 fully saturated rings. The van der Waals surface area contributed by atoms with Crippen LogP contribution in [0.3, 0.4) is 0 Å². The summed E-state index contributed by atoms with van der Waals surface area (Å²) in [5.41, 5.74) is 0.784. The third-order valence-electron chi connectivity index (χ3n) is 3.79. The van der Waals surface area contributed by atoms with E-state index in [2.05, 4.69) is 10.4 Å². The van der Waals surface area contributed by atoms with Crippen molar-refractivity contribution in [1.82, 2.24) is 9.78 Å². The summed E-state index contributed by atoms with van der Waals surface area (Å²) in [7, 11) is 1.52. The van der Waals surface area contributed by atoms with E-state index in [4.69, 9.17) is 16.3 Å². The van der Waals surface area contributed by atoms with Crippen molar-refractivity contribution in [2.24, 2.45) is 0 Å². The number of carbonyl (C=O) groups excluding carboxylic acids is 1. The molecule has 0 bridgehead atoms. The van der Waals surface area contributed by atoms with Crippen molar-refractivity contribution in [3.8, 4) is 5.75 Å². The number of hydrogen-bond acceptors (Lipinski definition) is 4. The maximum absolute atomic E-state index is 12.5. The normalized spacial score (nSPS) is 10.7. The number of fused-ring (bicyclic) bond motifs is 1. The van der Waals surface area contributed by atoms with Gasteiger partial charge in [0, 0.05) is 11.5 Å². The van der Waals surface area contributed by atoms with Crippen molar-refractivity contribution >= 4 is 34.0 Å². The molecule has 0 unspecified atom stereocenters. The lowest BCUT2D eigenvalue weighted by Gasteiger charge is -2.11. The highest BCUT2D eigenvalue weighted by molar-refractivity contribution is 6.33. The number of methoxy groups -OCH3 is 1. The van der Waals surface area contributed by atoms with E-state index in [1.807, 2.05) is 12.1 Å². The van der Waals surface area contributed by atoms with Crippen molar-refractivity contribution < 1.29 is 9.53 Å². The highest BCUT2D eigenvalue weighted by atomic mass is 35.5. The van der Waals surface area contributed by atoms with Gasteiger partial charge in [-0.05, 0) is 25.1 Å². The van der Waals surface area contributed by atoms with Crippen LogP contribution in [-0.4, -0.2) is 22.8 Å². The van der Waals surface area contributed by atoms with E-state index in [0.717, 1.165) is 10.1 Å². The van der Waals surface area contributed by atoms with Crippen molar-refractivity contribution in [3.63, 3.8) is 0 Å². The molecule has 3 rings (SSSR count). The van der Waals surface area contributed by atoms with Crippen LogP contribution in [0, 0.1) is 6.92 Å². The summed E-state index contributed by atoms with van der Waals surface area (Å²) in [6, 6.07) is 12.1. The lowest BCUT2D eigenvalue weighted by atomic mass is 10.1. The molecule has 6 nitrogen and oxygen atoms in total. The minimum absolute atomic E-state index is 0.210. The summed E-state index contributed by atoms with van der Waals surface area (Å²) in [6.07, 6.45) is 0. The number of carbonyl (C=O) groups is 1. The Morgan fingerprint density at radius 2 is 1.96 bits per heavy atom. The van der Waals surface area contributed by atoms with Crippen LogP contribution >= 0.6 is 11.6 Å². The van der Waals surface area contributed by atoms with Gasteiger partial charge in [-0.25, -0.2) is 4.68 Å².